The largest absolute Gasteiger partial charge is 0.395 e. The summed E-state index contributed by atoms with van der Waals surface area (Å²) in [5.74, 6) is -0.345. The van der Waals surface area contributed by atoms with Crippen LogP contribution in [0, 0.1) is 0 Å². The Hall–Kier alpha value is -2.77. The van der Waals surface area contributed by atoms with Crippen LogP contribution in [-0.2, 0) is 6.42 Å². The molecule has 1 aliphatic heterocycles. The van der Waals surface area contributed by atoms with Gasteiger partial charge < -0.3 is 10.0 Å². The number of rotatable bonds is 4. The third-order valence-corrected chi connectivity index (χ3v) is 5.74. The first kappa shape index (κ1) is 19.5. The van der Waals surface area contributed by atoms with Crippen LogP contribution >= 0.6 is 0 Å². The van der Waals surface area contributed by atoms with E-state index in [0.29, 0.717) is 68.9 Å². The highest BCUT2D eigenvalue weighted by Crippen LogP contribution is 2.24. The molecule has 1 saturated heterocycles. The van der Waals surface area contributed by atoms with Crippen molar-refractivity contribution in [3.63, 3.8) is 0 Å². The van der Waals surface area contributed by atoms with E-state index in [1.54, 1.807) is 9.47 Å². The fourth-order valence-electron chi connectivity index (χ4n) is 4.18. The fourth-order valence-corrected chi connectivity index (χ4v) is 4.18. The molecule has 0 saturated carbocycles. The highest BCUT2D eigenvalue weighted by atomic mass is 16.3. The van der Waals surface area contributed by atoms with Gasteiger partial charge in [0.15, 0.2) is 5.78 Å². The number of β-amino-alcohol motifs (C(OH)–C–C–N with tert-alkyl or cyclic N) is 1. The first-order valence-electron chi connectivity index (χ1n) is 10.1. The van der Waals surface area contributed by atoms with Crippen LogP contribution in [0.4, 0.5) is 0 Å². The van der Waals surface area contributed by atoms with Crippen LogP contribution in [0.2, 0.25) is 0 Å². The molecule has 1 aromatic heterocycles. The molecule has 29 heavy (non-hydrogen) atoms. The first-order chi connectivity index (χ1) is 14.1. The minimum Gasteiger partial charge on any atom is -0.395 e. The summed E-state index contributed by atoms with van der Waals surface area (Å²) >= 11 is 0. The van der Waals surface area contributed by atoms with Crippen molar-refractivity contribution in [2.75, 3.05) is 39.3 Å². The second-order valence-corrected chi connectivity index (χ2v) is 7.53. The Bertz CT molecular complexity index is 976. The number of fused-ring (bicyclic) bond motifs is 1. The van der Waals surface area contributed by atoms with Gasteiger partial charge in [0.2, 0.25) is 0 Å². The number of carbonyl (C=O) groups is 2. The Morgan fingerprint density at radius 3 is 2.41 bits per heavy atom. The van der Waals surface area contributed by atoms with E-state index in [-0.39, 0.29) is 29.4 Å². The van der Waals surface area contributed by atoms with Crippen molar-refractivity contribution in [1.82, 2.24) is 14.4 Å². The molecular weight excluding hydrogens is 370 g/mol. The van der Waals surface area contributed by atoms with Crippen molar-refractivity contribution in [3.8, 4) is 5.69 Å². The first-order valence-corrected chi connectivity index (χ1v) is 10.1. The highest BCUT2D eigenvalue weighted by molar-refractivity contribution is 6.02. The molecule has 0 spiro atoms. The Labute approximate surface area is 169 Å². The van der Waals surface area contributed by atoms with Gasteiger partial charge in [-0.3, -0.25) is 23.9 Å². The van der Waals surface area contributed by atoms with Crippen molar-refractivity contribution in [2.24, 2.45) is 0 Å². The number of piperazine rings is 1. The topological polar surface area (TPSA) is 82.9 Å². The summed E-state index contributed by atoms with van der Waals surface area (Å²) in [4.78, 5) is 42.9. The van der Waals surface area contributed by atoms with Gasteiger partial charge >= 0.3 is 0 Å². The van der Waals surface area contributed by atoms with Gasteiger partial charge in [0.25, 0.3) is 11.5 Å². The molecule has 2 aliphatic rings. The quantitative estimate of drug-likeness (QED) is 0.839. The Morgan fingerprint density at radius 1 is 1.00 bits per heavy atom. The third kappa shape index (κ3) is 3.75. The molecule has 7 heteroatoms. The normalized spacial score (nSPS) is 17.3. The molecule has 1 amide bonds. The minimum atomic E-state index is -0.368. The lowest BCUT2D eigenvalue weighted by atomic mass is 9.92. The number of aliphatic hydroxyl groups is 1. The molecule has 1 N–H and O–H groups in total. The number of Topliss-reactive ketones (excluding diaryl/α,β-unsaturated/α-hetero) is 1. The predicted octanol–water partition coefficient (Wildman–Crippen LogP) is 1.11. The number of hydrogen-bond donors (Lipinski definition) is 1. The molecule has 1 aromatic carbocycles. The number of amides is 1. The fraction of sp³-hybridized carbons (Fsp3) is 0.409. The van der Waals surface area contributed by atoms with Gasteiger partial charge in [-0.1, -0.05) is 18.2 Å². The average Bonchev–Trinajstić information content (AvgIpc) is 2.74. The maximum Gasteiger partial charge on any atom is 0.268 e. The van der Waals surface area contributed by atoms with E-state index in [4.69, 9.17) is 5.11 Å². The SMILES string of the molecule is O=C1CCCc2c1cc(C(=O)N1CCN(CCO)CC1)c(=O)n2-c1ccccc1. The van der Waals surface area contributed by atoms with Crippen molar-refractivity contribution in [1.29, 1.82) is 0 Å². The van der Waals surface area contributed by atoms with Crippen LogP contribution < -0.4 is 5.56 Å². The second kappa shape index (κ2) is 8.31. The summed E-state index contributed by atoms with van der Waals surface area (Å²) in [5.41, 5.74) is 1.54. The van der Waals surface area contributed by atoms with Gasteiger partial charge in [0, 0.05) is 56.1 Å². The molecule has 0 radical (unpaired) electrons. The molecule has 1 fully saturated rings. The summed E-state index contributed by atoms with van der Waals surface area (Å²) in [7, 11) is 0. The summed E-state index contributed by atoms with van der Waals surface area (Å²) in [6.45, 7) is 2.97. The number of aliphatic hydroxyl groups excluding tert-OH is 1. The van der Waals surface area contributed by atoms with Crippen LogP contribution in [0.3, 0.4) is 0 Å². The lowest BCUT2D eigenvalue weighted by Crippen LogP contribution is -2.50. The van der Waals surface area contributed by atoms with Crippen molar-refractivity contribution < 1.29 is 14.7 Å². The van der Waals surface area contributed by atoms with Gasteiger partial charge in [-0.2, -0.15) is 0 Å². The molecule has 2 aromatic rings. The van der Waals surface area contributed by atoms with Crippen LogP contribution in [-0.4, -0.2) is 70.5 Å². The molecule has 7 nitrogen and oxygen atoms in total. The van der Waals surface area contributed by atoms with Crippen molar-refractivity contribution in [3.05, 3.63) is 63.6 Å². The van der Waals surface area contributed by atoms with Crippen molar-refractivity contribution in [2.45, 2.75) is 19.3 Å². The zero-order chi connectivity index (χ0) is 20.4. The molecule has 2 heterocycles. The number of para-hydroxylation sites is 1. The van der Waals surface area contributed by atoms with Crippen LogP contribution in [0.15, 0.2) is 41.2 Å². The van der Waals surface area contributed by atoms with E-state index in [9.17, 15) is 14.4 Å². The minimum absolute atomic E-state index is 0.0160. The predicted molar refractivity (Wildman–Crippen MR) is 109 cm³/mol. The Morgan fingerprint density at radius 2 is 1.72 bits per heavy atom. The molecule has 4 rings (SSSR count). The lowest BCUT2D eigenvalue weighted by molar-refractivity contribution is 0.0613. The van der Waals surface area contributed by atoms with E-state index in [0.717, 1.165) is 0 Å². The number of aromatic nitrogens is 1. The highest BCUT2D eigenvalue weighted by Gasteiger charge is 2.29. The molecule has 0 bridgehead atoms. The maximum atomic E-state index is 13.4. The Kier molecular flexibility index (Phi) is 5.60. The zero-order valence-corrected chi connectivity index (χ0v) is 16.3. The van der Waals surface area contributed by atoms with Crippen LogP contribution in [0.5, 0.6) is 0 Å². The summed E-state index contributed by atoms with van der Waals surface area (Å²) in [6, 6.07) is 10.7. The molecule has 1 aliphatic carbocycles. The van der Waals surface area contributed by atoms with E-state index in [1.165, 1.54) is 6.07 Å². The smallest absolute Gasteiger partial charge is 0.268 e. The van der Waals surface area contributed by atoms with Crippen LogP contribution in [0.25, 0.3) is 5.69 Å². The van der Waals surface area contributed by atoms with E-state index < -0.39 is 0 Å². The van der Waals surface area contributed by atoms with Gasteiger partial charge in [0.1, 0.15) is 5.56 Å². The molecule has 0 unspecified atom stereocenters. The van der Waals surface area contributed by atoms with Crippen LogP contribution in [0.1, 0.15) is 39.3 Å². The second-order valence-electron chi connectivity index (χ2n) is 7.53. The van der Waals surface area contributed by atoms with Gasteiger partial charge in [-0.05, 0) is 31.0 Å². The lowest BCUT2D eigenvalue weighted by Gasteiger charge is -2.34. The standard InChI is InChI=1S/C22H25N3O4/c26-14-13-23-9-11-24(12-10-23)21(28)18-15-17-19(7-4-8-20(17)27)25(22(18)29)16-5-2-1-3-6-16/h1-3,5-6,15,26H,4,7-14H2. The zero-order valence-electron chi connectivity index (χ0n) is 16.3. The summed E-state index contributed by atoms with van der Waals surface area (Å²) in [5, 5.41) is 9.09. The van der Waals surface area contributed by atoms with Crippen molar-refractivity contribution >= 4 is 11.7 Å². The molecule has 152 valence electrons. The number of benzene rings is 1. The average molecular weight is 395 g/mol. The van der Waals surface area contributed by atoms with Gasteiger partial charge in [0.05, 0.1) is 6.61 Å². The van der Waals surface area contributed by atoms with E-state index in [2.05, 4.69) is 4.90 Å². The Balaban J connectivity index is 1.75. The number of ketones is 1. The van der Waals surface area contributed by atoms with E-state index >= 15 is 0 Å². The third-order valence-electron chi connectivity index (χ3n) is 5.74. The van der Waals surface area contributed by atoms with Gasteiger partial charge in [-0.25, -0.2) is 0 Å². The monoisotopic (exact) mass is 395 g/mol. The summed E-state index contributed by atoms with van der Waals surface area (Å²) in [6.07, 6.45) is 1.78. The number of hydrogen-bond acceptors (Lipinski definition) is 5. The number of pyridine rings is 1. The molecule has 0 atom stereocenters. The number of nitrogens with zero attached hydrogens (tertiary/aromatic N) is 3. The number of carbonyl (C=O) groups excluding carboxylic acids is 2. The maximum absolute atomic E-state index is 13.4. The van der Waals surface area contributed by atoms with E-state index in [1.807, 2.05) is 30.3 Å². The summed E-state index contributed by atoms with van der Waals surface area (Å²) < 4.78 is 1.54. The molecular formula is C22H25N3O4. The van der Waals surface area contributed by atoms with Gasteiger partial charge in [-0.15, -0.1) is 0 Å².